The summed E-state index contributed by atoms with van der Waals surface area (Å²) >= 11 is 0. The fourth-order valence-corrected chi connectivity index (χ4v) is 2.90. The number of imidazole rings is 1. The summed E-state index contributed by atoms with van der Waals surface area (Å²) in [5, 5.41) is 2.71. The van der Waals surface area contributed by atoms with Crippen LogP contribution in [0.1, 0.15) is 35.1 Å². The topological polar surface area (TPSA) is 67.0 Å². The monoisotopic (exact) mass is 325 g/mol. The van der Waals surface area contributed by atoms with E-state index < -0.39 is 11.7 Å². The fourth-order valence-electron chi connectivity index (χ4n) is 2.90. The number of aromatic amines is 1. The molecule has 3 aromatic rings. The first kappa shape index (κ1) is 14.8. The van der Waals surface area contributed by atoms with Crippen LogP contribution in [-0.4, -0.2) is 22.5 Å². The van der Waals surface area contributed by atoms with Gasteiger partial charge < -0.3 is 15.0 Å². The molecular weight excluding hydrogens is 309 g/mol. The highest BCUT2D eigenvalue weighted by molar-refractivity contribution is 6.05. The molecule has 1 atom stereocenters. The van der Waals surface area contributed by atoms with Gasteiger partial charge in [-0.2, -0.15) is 0 Å². The molecule has 1 amide bonds. The number of carbonyl (C=O) groups is 1. The van der Waals surface area contributed by atoms with Crippen LogP contribution in [0.15, 0.2) is 42.5 Å². The second-order valence-corrected chi connectivity index (χ2v) is 5.79. The van der Waals surface area contributed by atoms with Gasteiger partial charge in [-0.05, 0) is 43.2 Å². The van der Waals surface area contributed by atoms with Crippen LogP contribution < -0.4 is 5.32 Å². The van der Waals surface area contributed by atoms with E-state index >= 15 is 0 Å². The molecule has 2 aromatic carbocycles. The lowest BCUT2D eigenvalue weighted by atomic mass is 10.2. The van der Waals surface area contributed by atoms with Crippen molar-refractivity contribution in [1.29, 1.82) is 0 Å². The van der Waals surface area contributed by atoms with E-state index in [1.807, 2.05) is 6.07 Å². The molecule has 4 rings (SSSR count). The maximum absolute atomic E-state index is 13.7. The Hall–Kier alpha value is -2.73. The quantitative estimate of drug-likeness (QED) is 0.769. The molecule has 5 nitrogen and oxygen atoms in total. The van der Waals surface area contributed by atoms with Crippen molar-refractivity contribution in [2.45, 2.75) is 18.9 Å². The van der Waals surface area contributed by atoms with Crippen molar-refractivity contribution < 1.29 is 13.9 Å². The van der Waals surface area contributed by atoms with Crippen LogP contribution in [0.3, 0.4) is 0 Å². The van der Waals surface area contributed by atoms with E-state index in [4.69, 9.17) is 4.74 Å². The molecule has 0 spiro atoms. The average Bonchev–Trinajstić information content (AvgIpc) is 3.24. The maximum Gasteiger partial charge on any atom is 0.258 e. The van der Waals surface area contributed by atoms with E-state index in [2.05, 4.69) is 15.3 Å². The first-order chi connectivity index (χ1) is 11.7. The van der Waals surface area contributed by atoms with Crippen LogP contribution in [-0.2, 0) is 4.74 Å². The number of aromatic nitrogens is 2. The van der Waals surface area contributed by atoms with E-state index in [-0.39, 0.29) is 11.7 Å². The Morgan fingerprint density at radius 3 is 2.96 bits per heavy atom. The molecule has 24 heavy (non-hydrogen) atoms. The minimum Gasteiger partial charge on any atom is -0.370 e. The van der Waals surface area contributed by atoms with Crippen molar-refractivity contribution in [3.05, 3.63) is 59.7 Å². The standard InChI is InChI=1S/C18H16FN3O2/c19-13-5-2-1-4-12(13)18(23)20-11-7-8-14-15(10-11)22-17(21-14)16-6-3-9-24-16/h1-2,4-5,7-8,10,16H,3,6,9H2,(H,20,23)(H,21,22)/t16-/m1/s1. The first-order valence-electron chi connectivity index (χ1n) is 7.88. The van der Waals surface area contributed by atoms with Crippen molar-refractivity contribution in [2.24, 2.45) is 0 Å². The number of nitrogens with one attached hydrogen (secondary N) is 2. The van der Waals surface area contributed by atoms with Gasteiger partial charge in [0.2, 0.25) is 0 Å². The first-order valence-corrected chi connectivity index (χ1v) is 7.88. The summed E-state index contributed by atoms with van der Waals surface area (Å²) in [5.74, 6) is -0.218. The Kier molecular flexibility index (Phi) is 3.74. The minimum atomic E-state index is -0.543. The Morgan fingerprint density at radius 2 is 2.17 bits per heavy atom. The lowest BCUT2D eigenvalue weighted by Crippen LogP contribution is -2.13. The van der Waals surface area contributed by atoms with Crippen LogP contribution in [0.2, 0.25) is 0 Å². The lowest BCUT2D eigenvalue weighted by molar-refractivity contribution is 0.102. The highest BCUT2D eigenvalue weighted by atomic mass is 19.1. The molecule has 1 aliphatic heterocycles. The number of ether oxygens (including phenoxy) is 1. The summed E-state index contributed by atoms with van der Waals surface area (Å²) in [6.07, 6.45) is 2.00. The number of benzene rings is 2. The summed E-state index contributed by atoms with van der Waals surface area (Å²) in [5.41, 5.74) is 2.22. The summed E-state index contributed by atoms with van der Waals surface area (Å²) < 4.78 is 19.3. The molecule has 1 aliphatic rings. The number of amides is 1. The number of carbonyl (C=O) groups excluding carboxylic acids is 1. The molecule has 0 radical (unpaired) electrons. The molecule has 1 aromatic heterocycles. The maximum atomic E-state index is 13.7. The zero-order chi connectivity index (χ0) is 16.5. The second-order valence-electron chi connectivity index (χ2n) is 5.79. The number of hydrogen-bond acceptors (Lipinski definition) is 3. The van der Waals surface area contributed by atoms with E-state index in [1.54, 1.807) is 24.3 Å². The van der Waals surface area contributed by atoms with Crippen molar-refractivity contribution in [1.82, 2.24) is 9.97 Å². The molecule has 0 aliphatic carbocycles. The van der Waals surface area contributed by atoms with Crippen LogP contribution in [0.4, 0.5) is 10.1 Å². The zero-order valence-corrected chi connectivity index (χ0v) is 12.9. The van der Waals surface area contributed by atoms with Gasteiger partial charge in [0.05, 0.1) is 16.6 Å². The molecular formula is C18H16FN3O2. The van der Waals surface area contributed by atoms with Crippen molar-refractivity contribution in [3.8, 4) is 0 Å². The SMILES string of the molecule is O=C(Nc1ccc2nc([C@H]3CCCO3)[nH]c2c1)c1ccccc1F. The third-order valence-corrected chi connectivity index (χ3v) is 4.11. The number of halogens is 1. The summed E-state index contributed by atoms with van der Waals surface area (Å²) in [6.45, 7) is 0.756. The molecule has 0 saturated carbocycles. The summed E-state index contributed by atoms with van der Waals surface area (Å²) in [4.78, 5) is 20.0. The number of rotatable bonds is 3. The van der Waals surface area contributed by atoms with Gasteiger partial charge in [0.15, 0.2) is 0 Å². The average molecular weight is 325 g/mol. The van der Waals surface area contributed by atoms with Gasteiger partial charge in [-0.15, -0.1) is 0 Å². The Labute approximate surface area is 137 Å². The molecule has 2 heterocycles. The fraction of sp³-hybridized carbons (Fsp3) is 0.222. The zero-order valence-electron chi connectivity index (χ0n) is 12.9. The predicted octanol–water partition coefficient (Wildman–Crippen LogP) is 3.81. The van der Waals surface area contributed by atoms with Crippen LogP contribution >= 0.6 is 0 Å². The molecule has 2 N–H and O–H groups in total. The normalized spacial score (nSPS) is 17.3. The second kappa shape index (κ2) is 6.05. The van der Waals surface area contributed by atoms with Gasteiger partial charge in [0, 0.05) is 12.3 Å². The minimum absolute atomic E-state index is 0.00820. The highest BCUT2D eigenvalue weighted by Gasteiger charge is 2.21. The van der Waals surface area contributed by atoms with Gasteiger partial charge in [0.25, 0.3) is 5.91 Å². The van der Waals surface area contributed by atoms with Crippen LogP contribution in [0.25, 0.3) is 11.0 Å². The van der Waals surface area contributed by atoms with Crippen LogP contribution in [0, 0.1) is 5.82 Å². The molecule has 0 bridgehead atoms. The van der Waals surface area contributed by atoms with E-state index in [0.717, 1.165) is 36.3 Å². The van der Waals surface area contributed by atoms with E-state index in [0.29, 0.717) is 5.69 Å². The summed E-state index contributed by atoms with van der Waals surface area (Å²) in [7, 11) is 0. The lowest BCUT2D eigenvalue weighted by Gasteiger charge is -2.06. The molecule has 6 heteroatoms. The highest BCUT2D eigenvalue weighted by Crippen LogP contribution is 2.28. The van der Waals surface area contributed by atoms with Crippen molar-refractivity contribution in [2.75, 3.05) is 11.9 Å². The van der Waals surface area contributed by atoms with Gasteiger partial charge in [0.1, 0.15) is 17.7 Å². The molecule has 1 fully saturated rings. The van der Waals surface area contributed by atoms with E-state index in [1.165, 1.54) is 12.1 Å². The third-order valence-electron chi connectivity index (χ3n) is 4.11. The number of anilines is 1. The number of hydrogen-bond donors (Lipinski definition) is 2. The molecule has 122 valence electrons. The Balaban J connectivity index is 1.58. The van der Waals surface area contributed by atoms with Crippen LogP contribution in [0.5, 0.6) is 0 Å². The predicted molar refractivity (Wildman–Crippen MR) is 88.4 cm³/mol. The Morgan fingerprint density at radius 1 is 1.29 bits per heavy atom. The van der Waals surface area contributed by atoms with Crippen molar-refractivity contribution >= 4 is 22.6 Å². The smallest absolute Gasteiger partial charge is 0.258 e. The number of H-pyrrole nitrogens is 1. The van der Waals surface area contributed by atoms with E-state index in [9.17, 15) is 9.18 Å². The molecule has 0 unspecified atom stereocenters. The Bertz CT molecular complexity index is 900. The van der Waals surface area contributed by atoms with Gasteiger partial charge in [-0.3, -0.25) is 4.79 Å². The number of nitrogens with zero attached hydrogens (tertiary/aromatic N) is 1. The van der Waals surface area contributed by atoms with Crippen molar-refractivity contribution in [3.63, 3.8) is 0 Å². The van der Waals surface area contributed by atoms with Gasteiger partial charge in [-0.25, -0.2) is 9.37 Å². The third kappa shape index (κ3) is 2.76. The summed E-state index contributed by atoms with van der Waals surface area (Å²) in [6, 6.07) is 11.3. The number of fused-ring (bicyclic) bond motifs is 1. The van der Waals surface area contributed by atoms with Gasteiger partial charge in [-0.1, -0.05) is 12.1 Å². The van der Waals surface area contributed by atoms with Gasteiger partial charge >= 0.3 is 0 Å². The molecule has 1 saturated heterocycles. The largest absolute Gasteiger partial charge is 0.370 e.